The van der Waals surface area contributed by atoms with Gasteiger partial charge in [-0.15, -0.1) is 11.3 Å². The summed E-state index contributed by atoms with van der Waals surface area (Å²) in [6, 6.07) is 1.51. The zero-order valence-corrected chi connectivity index (χ0v) is 20.0. The maximum atomic E-state index is 14.0. The van der Waals surface area contributed by atoms with Crippen LogP contribution in [0.15, 0.2) is 21.9 Å². The van der Waals surface area contributed by atoms with Gasteiger partial charge in [-0.3, -0.25) is 19.0 Å². The van der Waals surface area contributed by atoms with Crippen molar-refractivity contribution < 1.29 is 9.50 Å². The van der Waals surface area contributed by atoms with E-state index in [4.69, 9.17) is 0 Å². The van der Waals surface area contributed by atoms with E-state index in [1.165, 1.54) is 30.6 Å². The van der Waals surface area contributed by atoms with E-state index in [9.17, 15) is 19.1 Å². The fourth-order valence-corrected chi connectivity index (χ4v) is 5.39. The third-order valence-corrected chi connectivity index (χ3v) is 6.99. The molecule has 4 aromatic heterocycles. The molecule has 0 aliphatic carbocycles. The number of aryl methyl sites for hydroxylation is 2. The second-order valence-electron chi connectivity index (χ2n) is 8.65. The highest BCUT2D eigenvalue weighted by molar-refractivity contribution is 7.19. The summed E-state index contributed by atoms with van der Waals surface area (Å²) in [5, 5.41) is 17.2. The van der Waals surface area contributed by atoms with Gasteiger partial charge in [0.1, 0.15) is 4.83 Å². The minimum atomic E-state index is -0.756. The van der Waals surface area contributed by atoms with Crippen molar-refractivity contribution in [2.45, 2.75) is 47.3 Å². The van der Waals surface area contributed by atoms with Gasteiger partial charge in [0, 0.05) is 59.0 Å². The Morgan fingerprint density at radius 1 is 1.27 bits per heavy atom. The van der Waals surface area contributed by atoms with Gasteiger partial charge in [0.05, 0.1) is 17.7 Å². The van der Waals surface area contributed by atoms with E-state index in [1.54, 1.807) is 4.57 Å². The van der Waals surface area contributed by atoms with E-state index in [1.807, 2.05) is 27.7 Å². The fourth-order valence-electron chi connectivity index (χ4n) is 4.07. The van der Waals surface area contributed by atoms with E-state index < -0.39 is 18.1 Å². The average Bonchev–Trinajstić information content (AvgIpc) is 3.31. The van der Waals surface area contributed by atoms with Crippen molar-refractivity contribution in [3.05, 3.63) is 66.4 Å². The molecule has 174 valence electrons. The van der Waals surface area contributed by atoms with Crippen molar-refractivity contribution in [1.82, 2.24) is 24.3 Å². The summed E-state index contributed by atoms with van der Waals surface area (Å²) in [4.78, 5) is 31.6. The Hall–Kier alpha value is -3.11. The van der Waals surface area contributed by atoms with E-state index in [-0.39, 0.29) is 17.2 Å². The zero-order valence-electron chi connectivity index (χ0n) is 19.2. The van der Waals surface area contributed by atoms with Gasteiger partial charge in [0.15, 0.2) is 0 Å². The predicted molar refractivity (Wildman–Crippen MR) is 126 cm³/mol. The van der Waals surface area contributed by atoms with Crippen LogP contribution >= 0.6 is 11.3 Å². The van der Waals surface area contributed by atoms with Crippen LogP contribution in [0.2, 0.25) is 0 Å². The molecule has 0 aliphatic heterocycles. The van der Waals surface area contributed by atoms with E-state index >= 15 is 0 Å². The average molecular weight is 472 g/mol. The summed E-state index contributed by atoms with van der Waals surface area (Å²) >= 11 is 1.38. The Bertz CT molecular complexity index is 1460. The molecule has 0 amide bonds. The first-order chi connectivity index (χ1) is 15.6. The molecule has 0 bridgehead atoms. The van der Waals surface area contributed by atoms with E-state index in [2.05, 4.69) is 15.2 Å². The van der Waals surface area contributed by atoms with Crippen molar-refractivity contribution in [2.75, 3.05) is 0 Å². The minimum Gasteiger partial charge on any atom is -0.392 e. The number of aliphatic hydroxyl groups excluding tert-OH is 1. The Morgan fingerprint density at radius 2 is 2.00 bits per heavy atom. The Morgan fingerprint density at radius 3 is 2.61 bits per heavy atom. The van der Waals surface area contributed by atoms with Crippen LogP contribution in [-0.2, 0) is 26.6 Å². The smallest absolute Gasteiger partial charge is 0.331 e. The molecule has 0 saturated carbocycles. The number of aliphatic hydroxyl groups is 1. The second-order valence-corrected chi connectivity index (χ2v) is 9.74. The summed E-state index contributed by atoms with van der Waals surface area (Å²) in [5.74, 6) is -0.572. The highest BCUT2D eigenvalue weighted by atomic mass is 32.1. The van der Waals surface area contributed by atoms with Gasteiger partial charge in [-0.2, -0.15) is 9.49 Å². The maximum absolute atomic E-state index is 14.0. The van der Waals surface area contributed by atoms with Crippen LogP contribution < -0.4 is 11.2 Å². The number of nitrogens with zero attached hydrogens (tertiary/aromatic N) is 4. The second kappa shape index (κ2) is 8.68. The van der Waals surface area contributed by atoms with Gasteiger partial charge >= 0.3 is 5.69 Å². The molecule has 0 radical (unpaired) electrons. The number of rotatable bonds is 6. The molecule has 0 fully saturated rings. The molecule has 0 aliphatic rings. The van der Waals surface area contributed by atoms with Gasteiger partial charge in [-0.25, -0.2) is 9.78 Å². The largest absolute Gasteiger partial charge is 0.392 e. The highest BCUT2D eigenvalue weighted by Gasteiger charge is 2.24. The van der Waals surface area contributed by atoms with Crippen LogP contribution in [0, 0.1) is 25.7 Å². The predicted octanol–water partition coefficient (Wildman–Crippen LogP) is 3.04. The number of H-pyrrole nitrogens is 1. The maximum Gasteiger partial charge on any atom is 0.331 e. The molecule has 0 spiro atoms. The Balaban J connectivity index is 2.11. The normalized spacial score (nSPS) is 11.8. The molecule has 33 heavy (non-hydrogen) atoms. The lowest BCUT2D eigenvalue weighted by molar-refractivity contribution is 0.274. The number of aromatic amines is 1. The summed E-state index contributed by atoms with van der Waals surface area (Å²) in [5.41, 5.74) is 3.14. The van der Waals surface area contributed by atoms with Crippen molar-refractivity contribution in [3.63, 3.8) is 0 Å². The van der Waals surface area contributed by atoms with E-state index in [0.717, 1.165) is 26.4 Å². The third kappa shape index (κ3) is 3.93. The number of fused-ring (bicyclic) bond motifs is 1. The molecule has 0 unspecified atom stereocenters. The molecular formula is C23H26FN5O3S. The van der Waals surface area contributed by atoms with Crippen molar-refractivity contribution >= 4 is 21.6 Å². The van der Waals surface area contributed by atoms with Gasteiger partial charge in [0.25, 0.3) is 5.56 Å². The lowest BCUT2D eigenvalue weighted by atomic mass is 9.99. The zero-order chi connectivity index (χ0) is 24.0. The molecule has 2 N–H and O–H groups in total. The number of pyridine rings is 1. The monoisotopic (exact) mass is 471 g/mol. The Kier molecular flexibility index (Phi) is 6.06. The molecule has 10 heteroatoms. The first-order valence-electron chi connectivity index (χ1n) is 10.6. The number of hydrogen-bond donors (Lipinski definition) is 2. The van der Waals surface area contributed by atoms with Crippen LogP contribution in [0.25, 0.3) is 21.3 Å². The quantitative estimate of drug-likeness (QED) is 0.421. The number of halogens is 1. The van der Waals surface area contributed by atoms with Crippen LogP contribution in [0.3, 0.4) is 0 Å². The summed E-state index contributed by atoms with van der Waals surface area (Å²) in [6.45, 7) is 7.79. The molecule has 4 rings (SSSR count). The lowest BCUT2D eigenvalue weighted by Crippen LogP contribution is -2.38. The number of nitrogens with one attached hydrogen (secondary N) is 1. The van der Waals surface area contributed by atoms with Crippen molar-refractivity contribution in [1.29, 1.82) is 0 Å². The fraction of sp³-hybridized carbons (Fsp3) is 0.391. The van der Waals surface area contributed by atoms with E-state index in [0.29, 0.717) is 34.3 Å². The molecule has 8 nitrogen and oxygen atoms in total. The van der Waals surface area contributed by atoms with Crippen LogP contribution in [-0.4, -0.2) is 29.4 Å². The summed E-state index contributed by atoms with van der Waals surface area (Å²) < 4.78 is 16.8. The van der Waals surface area contributed by atoms with Crippen LogP contribution in [0.5, 0.6) is 0 Å². The molecule has 0 aromatic carbocycles. The lowest BCUT2D eigenvalue weighted by Gasteiger charge is -2.12. The topological polar surface area (TPSA) is 106 Å². The van der Waals surface area contributed by atoms with Gasteiger partial charge in [0.2, 0.25) is 5.95 Å². The molecule has 4 aromatic rings. The third-order valence-electron chi connectivity index (χ3n) is 5.78. The Labute approximate surface area is 193 Å². The SMILES string of the molecule is Cc1n[nH]c(C)c1Cc1sc2c(c1-c1cnc(F)c(CO)c1)c(=O)n(C)c(=O)n2CC(C)C. The minimum absolute atomic E-state index is 0.0424. The van der Waals surface area contributed by atoms with Gasteiger partial charge in [-0.1, -0.05) is 13.8 Å². The molecular weight excluding hydrogens is 445 g/mol. The van der Waals surface area contributed by atoms with Crippen molar-refractivity contribution in [2.24, 2.45) is 13.0 Å². The number of thiophene rings is 1. The summed E-state index contributed by atoms with van der Waals surface area (Å²) in [7, 11) is 1.47. The molecule has 0 atom stereocenters. The number of aromatic nitrogens is 5. The van der Waals surface area contributed by atoms with Crippen molar-refractivity contribution in [3.8, 4) is 11.1 Å². The first-order valence-corrected chi connectivity index (χ1v) is 11.5. The molecule has 4 heterocycles. The number of hydrogen-bond acceptors (Lipinski definition) is 6. The highest BCUT2D eigenvalue weighted by Crippen LogP contribution is 2.39. The molecule has 0 saturated heterocycles. The summed E-state index contributed by atoms with van der Waals surface area (Å²) in [6.07, 6.45) is 1.85. The van der Waals surface area contributed by atoms with Crippen LogP contribution in [0.1, 0.15) is 41.2 Å². The first kappa shape index (κ1) is 23.1. The van der Waals surface area contributed by atoms with Crippen LogP contribution in [0.4, 0.5) is 4.39 Å². The van der Waals surface area contributed by atoms with Gasteiger partial charge < -0.3 is 5.11 Å². The standard InChI is InChI=1S/C23H26FN5O3S/c1-11(2)9-29-22-19(21(31)28(5)23(29)32)18(14-6-15(10-30)20(24)25-8-14)17(33-22)7-16-12(3)26-27-13(16)4/h6,8,11,30H,7,9-10H2,1-5H3,(H,26,27). The van der Waals surface area contributed by atoms with Gasteiger partial charge in [-0.05, 0) is 25.8 Å².